The van der Waals surface area contributed by atoms with Crippen LogP contribution in [0.25, 0.3) is 0 Å². The molecule has 140 valence electrons. The highest BCUT2D eigenvalue weighted by Gasteiger charge is 2.35. The molecule has 3 nitrogen and oxygen atoms in total. The Balaban J connectivity index is 2.27. The van der Waals surface area contributed by atoms with Crippen LogP contribution in [0, 0.1) is 0 Å². The van der Waals surface area contributed by atoms with Crippen LogP contribution in [0.15, 0.2) is 48.5 Å². The second-order valence-corrected chi connectivity index (χ2v) is 6.38. The van der Waals surface area contributed by atoms with Gasteiger partial charge in [0.1, 0.15) is 0 Å². The number of hydrogen-bond donors (Lipinski definition) is 2. The number of hydrogen-bond acceptors (Lipinski definition) is 1. The van der Waals surface area contributed by atoms with Gasteiger partial charge in [0.2, 0.25) is 0 Å². The number of halogens is 4. The molecule has 2 aromatic rings. The highest BCUT2D eigenvalue weighted by atomic mass is 35.5. The molecule has 0 unspecified atom stereocenters. The number of unbranched alkanes of at least 4 members (excludes halogenated alkanes) is 1. The number of carbonyl (C=O) groups excluding carboxylic acids is 1. The number of nitrogens with two attached hydrogens (primary N) is 1. The summed E-state index contributed by atoms with van der Waals surface area (Å²) in [6.45, 7) is 2.74. The molecule has 0 aliphatic carbocycles. The second kappa shape index (κ2) is 9.05. The predicted molar refractivity (Wildman–Crippen MR) is 96.0 cm³/mol. The quantitative estimate of drug-likeness (QED) is 0.682. The summed E-state index contributed by atoms with van der Waals surface area (Å²) in [5.41, 5.74) is -0.515. The van der Waals surface area contributed by atoms with E-state index in [0.29, 0.717) is 6.54 Å². The smallest absolute Gasteiger partial charge is 0.332 e. The molecule has 2 aromatic carbocycles. The van der Waals surface area contributed by atoms with E-state index in [0.717, 1.165) is 24.5 Å². The molecule has 1 atom stereocenters. The van der Waals surface area contributed by atoms with Crippen molar-refractivity contribution in [2.45, 2.75) is 32.0 Å². The molecule has 0 bridgehead atoms. The average molecular weight is 386 g/mol. The van der Waals surface area contributed by atoms with Gasteiger partial charge in [-0.25, -0.2) is 0 Å². The molecule has 0 fully saturated rings. The van der Waals surface area contributed by atoms with E-state index in [1.54, 1.807) is 24.3 Å². The van der Waals surface area contributed by atoms with Crippen molar-refractivity contribution < 1.29 is 23.3 Å². The molecule has 0 radical (unpaired) electrons. The summed E-state index contributed by atoms with van der Waals surface area (Å²) in [4.78, 5) is 12.7. The summed E-state index contributed by atoms with van der Waals surface area (Å²) >= 11 is 5.68. The van der Waals surface area contributed by atoms with Crippen LogP contribution < -0.4 is 10.6 Å². The molecule has 0 aliphatic heterocycles. The van der Waals surface area contributed by atoms with Gasteiger partial charge >= 0.3 is 6.18 Å². The van der Waals surface area contributed by atoms with Crippen LogP contribution in [-0.4, -0.2) is 12.5 Å². The van der Waals surface area contributed by atoms with Crippen LogP contribution in [0.4, 0.5) is 18.9 Å². The van der Waals surface area contributed by atoms with Gasteiger partial charge in [0.05, 0.1) is 17.8 Å². The second-order valence-electron chi connectivity index (χ2n) is 5.94. The van der Waals surface area contributed by atoms with Crippen molar-refractivity contribution in [3.8, 4) is 0 Å². The van der Waals surface area contributed by atoms with E-state index < -0.39 is 23.7 Å². The summed E-state index contributed by atoms with van der Waals surface area (Å²) in [7, 11) is 0. The fourth-order valence-electron chi connectivity index (χ4n) is 2.61. The molecule has 0 saturated heterocycles. The number of carbonyl (C=O) groups is 1. The third kappa shape index (κ3) is 5.47. The fraction of sp³-hybridized carbons (Fsp3) is 0.316. The number of alkyl halides is 3. The first-order valence-electron chi connectivity index (χ1n) is 8.38. The maximum atomic E-state index is 13.2. The monoisotopic (exact) mass is 385 g/mol. The molecular weight excluding hydrogens is 365 g/mol. The number of anilines is 1. The molecule has 7 heteroatoms. The van der Waals surface area contributed by atoms with Crippen LogP contribution in [0.5, 0.6) is 0 Å². The van der Waals surface area contributed by atoms with Crippen LogP contribution >= 0.6 is 11.6 Å². The molecule has 2 rings (SSSR count). The van der Waals surface area contributed by atoms with Gasteiger partial charge in [0, 0.05) is 10.6 Å². The van der Waals surface area contributed by atoms with Crippen molar-refractivity contribution in [3.63, 3.8) is 0 Å². The lowest BCUT2D eigenvalue weighted by molar-refractivity contribution is -0.682. The Morgan fingerprint density at radius 2 is 1.88 bits per heavy atom. The lowest BCUT2D eigenvalue weighted by atomic mass is 10.1. The van der Waals surface area contributed by atoms with Crippen molar-refractivity contribution >= 4 is 23.2 Å². The van der Waals surface area contributed by atoms with E-state index in [-0.39, 0.29) is 10.7 Å². The topological polar surface area (TPSA) is 45.7 Å². The van der Waals surface area contributed by atoms with Crippen molar-refractivity contribution in [3.05, 3.63) is 64.7 Å². The summed E-state index contributed by atoms with van der Waals surface area (Å²) < 4.78 is 39.7. The molecule has 26 heavy (non-hydrogen) atoms. The first kappa shape index (κ1) is 20.3. The predicted octanol–water partition coefficient (Wildman–Crippen LogP) is 4.40. The zero-order valence-corrected chi connectivity index (χ0v) is 15.1. The van der Waals surface area contributed by atoms with Gasteiger partial charge < -0.3 is 10.6 Å². The molecule has 3 N–H and O–H groups in total. The Hall–Kier alpha value is -2.05. The zero-order chi connectivity index (χ0) is 19.2. The van der Waals surface area contributed by atoms with Crippen LogP contribution in [-0.2, 0) is 11.0 Å². The van der Waals surface area contributed by atoms with Crippen molar-refractivity contribution in [2.75, 3.05) is 11.9 Å². The molecule has 0 aromatic heterocycles. The van der Waals surface area contributed by atoms with Gasteiger partial charge in [-0.15, -0.1) is 0 Å². The van der Waals surface area contributed by atoms with Gasteiger partial charge in [-0.05, 0) is 24.6 Å². The first-order chi connectivity index (χ1) is 12.3. The van der Waals surface area contributed by atoms with Gasteiger partial charge in [-0.1, -0.05) is 55.3 Å². The molecule has 1 amide bonds. The van der Waals surface area contributed by atoms with Gasteiger partial charge in [0.25, 0.3) is 5.91 Å². The summed E-state index contributed by atoms with van der Waals surface area (Å²) in [6.07, 6.45) is -2.73. The lowest BCUT2D eigenvalue weighted by Crippen LogP contribution is -2.87. The normalized spacial score (nSPS) is 12.7. The minimum absolute atomic E-state index is 0.0376. The third-order valence-electron chi connectivity index (χ3n) is 3.95. The SMILES string of the molecule is CCCC[NH2+][C@@H](C(=O)Nc1ccc(Cl)cc1C(F)(F)F)c1ccccc1. The van der Waals surface area contributed by atoms with E-state index in [1.165, 1.54) is 12.1 Å². The van der Waals surface area contributed by atoms with Gasteiger partial charge in [-0.3, -0.25) is 4.79 Å². The zero-order valence-electron chi connectivity index (χ0n) is 14.3. The molecule has 0 aliphatic rings. The van der Waals surface area contributed by atoms with E-state index in [2.05, 4.69) is 5.32 Å². The van der Waals surface area contributed by atoms with Crippen molar-refractivity contribution in [1.82, 2.24) is 0 Å². The summed E-state index contributed by atoms with van der Waals surface area (Å²) in [6, 6.07) is 11.7. The first-order valence-corrected chi connectivity index (χ1v) is 8.76. The van der Waals surface area contributed by atoms with E-state index in [1.807, 2.05) is 18.3 Å². The lowest BCUT2D eigenvalue weighted by Gasteiger charge is -2.18. The van der Waals surface area contributed by atoms with Crippen LogP contribution in [0.3, 0.4) is 0 Å². The molecule has 0 spiro atoms. The number of quaternary nitrogens is 1. The standard InChI is InChI=1S/C19H20ClF3N2O/c1-2-3-11-24-17(13-7-5-4-6-8-13)18(26)25-16-10-9-14(20)12-15(16)19(21,22)23/h4-10,12,17,24H,2-3,11H2,1H3,(H,25,26)/p+1/t17-/m1/s1. The Morgan fingerprint density at radius 1 is 1.19 bits per heavy atom. The third-order valence-corrected chi connectivity index (χ3v) is 4.18. The Labute approximate surface area is 155 Å². The fourth-order valence-corrected chi connectivity index (χ4v) is 2.79. The van der Waals surface area contributed by atoms with E-state index in [4.69, 9.17) is 11.6 Å². The summed E-state index contributed by atoms with van der Waals surface area (Å²) in [5.74, 6) is -0.500. The largest absolute Gasteiger partial charge is 0.418 e. The van der Waals surface area contributed by atoms with Crippen molar-refractivity contribution in [1.29, 1.82) is 0 Å². The van der Waals surface area contributed by atoms with Gasteiger partial charge in [0.15, 0.2) is 6.04 Å². The van der Waals surface area contributed by atoms with Gasteiger partial charge in [-0.2, -0.15) is 13.2 Å². The maximum Gasteiger partial charge on any atom is 0.418 e. The van der Waals surface area contributed by atoms with Crippen LogP contribution in [0.1, 0.15) is 36.9 Å². The highest BCUT2D eigenvalue weighted by Crippen LogP contribution is 2.36. The number of benzene rings is 2. The Bertz CT molecular complexity index is 735. The molecule has 0 saturated carbocycles. The molecular formula is C19H21ClF3N2O+. The number of nitrogens with one attached hydrogen (secondary N) is 1. The molecule has 0 heterocycles. The summed E-state index contributed by atoms with van der Waals surface area (Å²) in [5, 5.41) is 4.23. The van der Waals surface area contributed by atoms with Crippen molar-refractivity contribution in [2.24, 2.45) is 0 Å². The minimum Gasteiger partial charge on any atom is -0.332 e. The van der Waals surface area contributed by atoms with E-state index >= 15 is 0 Å². The number of rotatable bonds is 7. The van der Waals surface area contributed by atoms with Crippen LogP contribution in [0.2, 0.25) is 5.02 Å². The Kier molecular flexibility index (Phi) is 7.06. The average Bonchev–Trinajstić information content (AvgIpc) is 2.60. The Morgan fingerprint density at radius 3 is 2.50 bits per heavy atom. The minimum atomic E-state index is -4.61. The van der Waals surface area contributed by atoms with E-state index in [9.17, 15) is 18.0 Å². The highest BCUT2D eigenvalue weighted by molar-refractivity contribution is 6.30. The maximum absolute atomic E-state index is 13.2. The number of amides is 1.